The summed E-state index contributed by atoms with van der Waals surface area (Å²) >= 11 is 6.47. The summed E-state index contributed by atoms with van der Waals surface area (Å²) in [5.74, 6) is 1.30. The highest BCUT2D eigenvalue weighted by Gasteiger charge is 2.42. The van der Waals surface area contributed by atoms with E-state index in [-0.39, 0.29) is 23.6 Å². The van der Waals surface area contributed by atoms with Crippen LogP contribution in [-0.4, -0.2) is 84.8 Å². The Hall–Kier alpha value is -2.90. The molecule has 3 saturated heterocycles. The molecular formula is C33H43ClN4O3. The summed E-state index contributed by atoms with van der Waals surface area (Å²) in [7, 11) is 0. The van der Waals surface area contributed by atoms with Crippen LogP contribution in [0, 0.1) is 38.5 Å². The van der Waals surface area contributed by atoms with Gasteiger partial charge in [-0.2, -0.15) is 0 Å². The zero-order chi connectivity index (χ0) is 29.3. The standard InChI is InChI=1S/C33H43ClN4O3/c1-22-9-10-29(17-30(22)34)38(32(40)26-11-15-36(16-12-26)25(4)39)14-6-13-35-18-27-20-37(21-28(27)19-35)33(41)31-23(2)7-5-8-24(31)3/h5,7-10,17,26-28H,6,11-16,18-21H2,1-4H3. The van der Waals surface area contributed by atoms with Crippen LogP contribution in [0.3, 0.4) is 0 Å². The summed E-state index contributed by atoms with van der Waals surface area (Å²) in [6, 6.07) is 11.9. The van der Waals surface area contributed by atoms with Crippen LogP contribution in [-0.2, 0) is 9.59 Å². The van der Waals surface area contributed by atoms with Crippen LogP contribution in [0.25, 0.3) is 0 Å². The zero-order valence-corrected chi connectivity index (χ0v) is 25.6. The van der Waals surface area contributed by atoms with Crippen molar-refractivity contribution in [1.29, 1.82) is 0 Å². The highest BCUT2D eigenvalue weighted by Crippen LogP contribution is 2.33. The van der Waals surface area contributed by atoms with Crippen molar-refractivity contribution in [2.45, 2.75) is 47.0 Å². The van der Waals surface area contributed by atoms with E-state index in [4.69, 9.17) is 11.6 Å². The summed E-state index contributed by atoms with van der Waals surface area (Å²) in [6.07, 6.45) is 2.26. The molecule has 0 saturated carbocycles. The van der Waals surface area contributed by atoms with Crippen molar-refractivity contribution in [1.82, 2.24) is 14.7 Å². The van der Waals surface area contributed by atoms with Gasteiger partial charge in [0.15, 0.2) is 0 Å². The molecular weight excluding hydrogens is 536 g/mol. The monoisotopic (exact) mass is 578 g/mol. The average molecular weight is 579 g/mol. The van der Waals surface area contributed by atoms with Gasteiger partial charge in [0, 0.05) is 74.9 Å². The third-order valence-corrected chi connectivity index (χ3v) is 9.83. The predicted octanol–water partition coefficient (Wildman–Crippen LogP) is 4.95. The smallest absolute Gasteiger partial charge is 0.254 e. The number of hydrogen-bond acceptors (Lipinski definition) is 4. The van der Waals surface area contributed by atoms with Gasteiger partial charge in [0.1, 0.15) is 0 Å². The Morgan fingerprint density at radius 2 is 1.51 bits per heavy atom. The Kier molecular flexibility index (Phi) is 9.05. The van der Waals surface area contributed by atoms with E-state index in [1.807, 2.05) is 67.0 Å². The second kappa shape index (κ2) is 12.5. The summed E-state index contributed by atoms with van der Waals surface area (Å²) in [5.41, 5.74) is 4.79. The second-order valence-electron chi connectivity index (χ2n) is 12.3. The van der Waals surface area contributed by atoms with Gasteiger partial charge in [0.25, 0.3) is 5.91 Å². The lowest BCUT2D eigenvalue weighted by Crippen LogP contribution is -2.44. The number of aryl methyl sites for hydroxylation is 3. The van der Waals surface area contributed by atoms with E-state index >= 15 is 0 Å². The van der Waals surface area contributed by atoms with Crippen LogP contribution in [0.15, 0.2) is 36.4 Å². The average Bonchev–Trinajstić information content (AvgIpc) is 3.51. The predicted molar refractivity (Wildman–Crippen MR) is 163 cm³/mol. The minimum absolute atomic E-state index is 0.0752. The Morgan fingerprint density at radius 3 is 2.10 bits per heavy atom. The van der Waals surface area contributed by atoms with Gasteiger partial charge in [-0.15, -0.1) is 0 Å². The van der Waals surface area contributed by atoms with Gasteiger partial charge < -0.3 is 19.6 Å². The Bertz CT molecular complexity index is 1270. The lowest BCUT2D eigenvalue weighted by atomic mass is 9.94. The molecule has 3 aliphatic rings. The first-order chi connectivity index (χ1) is 19.6. The van der Waals surface area contributed by atoms with Crippen molar-refractivity contribution in [3.63, 3.8) is 0 Å². The van der Waals surface area contributed by atoms with Crippen molar-refractivity contribution < 1.29 is 14.4 Å². The quantitative estimate of drug-likeness (QED) is 0.466. The fourth-order valence-corrected chi connectivity index (χ4v) is 7.15. The molecule has 2 aromatic rings. The van der Waals surface area contributed by atoms with Gasteiger partial charge in [0.2, 0.25) is 11.8 Å². The molecule has 0 N–H and O–H groups in total. The fraction of sp³-hybridized carbons (Fsp3) is 0.545. The number of fused-ring (bicyclic) bond motifs is 1. The maximum Gasteiger partial charge on any atom is 0.254 e. The van der Waals surface area contributed by atoms with Crippen molar-refractivity contribution in [2.24, 2.45) is 17.8 Å². The number of anilines is 1. The Morgan fingerprint density at radius 1 is 0.878 bits per heavy atom. The summed E-state index contributed by atoms with van der Waals surface area (Å²) in [6.45, 7) is 14.0. The Balaban J connectivity index is 1.17. The fourth-order valence-electron chi connectivity index (χ4n) is 6.98. The third kappa shape index (κ3) is 6.46. The first-order valence-electron chi connectivity index (χ1n) is 15.0. The second-order valence-corrected chi connectivity index (χ2v) is 12.7. The molecule has 3 heterocycles. The van der Waals surface area contributed by atoms with Crippen LogP contribution in [0.1, 0.15) is 53.2 Å². The van der Waals surface area contributed by atoms with Gasteiger partial charge >= 0.3 is 0 Å². The van der Waals surface area contributed by atoms with E-state index < -0.39 is 0 Å². The highest BCUT2D eigenvalue weighted by atomic mass is 35.5. The van der Waals surface area contributed by atoms with E-state index in [1.165, 1.54) is 0 Å². The number of hydrogen-bond donors (Lipinski definition) is 0. The SMILES string of the molecule is CC(=O)N1CCC(C(=O)N(CCCN2CC3CN(C(=O)c4c(C)cccc4C)CC3C2)c2ccc(C)c(Cl)c2)CC1. The molecule has 2 unspecified atom stereocenters. The van der Waals surface area contributed by atoms with Crippen LogP contribution < -0.4 is 4.90 Å². The molecule has 5 rings (SSSR count). The molecule has 8 heteroatoms. The van der Waals surface area contributed by atoms with E-state index in [9.17, 15) is 14.4 Å². The van der Waals surface area contributed by atoms with Gasteiger partial charge in [-0.05, 0) is 87.2 Å². The van der Waals surface area contributed by atoms with Gasteiger partial charge in [0.05, 0.1) is 0 Å². The summed E-state index contributed by atoms with van der Waals surface area (Å²) in [5, 5.41) is 0.666. The van der Waals surface area contributed by atoms with E-state index in [0.717, 1.165) is 67.1 Å². The molecule has 2 aromatic carbocycles. The number of carbonyl (C=O) groups is 3. The first kappa shape index (κ1) is 29.6. The van der Waals surface area contributed by atoms with Gasteiger partial charge in [-0.25, -0.2) is 0 Å². The molecule has 0 spiro atoms. The lowest BCUT2D eigenvalue weighted by Gasteiger charge is -2.34. The van der Waals surface area contributed by atoms with Gasteiger partial charge in [-0.1, -0.05) is 35.9 Å². The molecule has 41 heavy (non-hydrogen) atoms. The lowest BCUT2D eigenvalue weighted by molar-refractivity contribution is -0.133. The highest BCUT2D eigenvalue weighted by molar-refractivity contribution is 6.31. The van der Waals surface area contributed by atoms with E-state index in [2.05, 4.69) is 9.80 Å². The molecule has 7 nitrogen and oxygen atoms in total. The topological polar surface area (TPSA) is 64.2 Å². The molecule has 3 fully saturated rings. The molecule has 0 bridgehead atoms. The summed E-state index contributed by atoms with van der Waals surface area (Å²) in [4.78, 5) is 47.2. The largest absolute Gasteiger partial charge is 0.343 e. The van der Waals surface area contributed by atoms with Crippen molar-refractivity contribution in [3.8, 4) is 0 Å². The van der Waals surface area contributed by atoms with Gasteiger partial charge in [-0.3, -0.25) is 14.4 Å². The number of halogens is 1. The van der Waals surface area contributed by atoms with Crippen molar-refractivity contribution in [3.05, 3.63) is 63.7 Å². The summed E-state index contributed by atoms with van der Waals surface area (Å²) < 4.78 is 0. The van der Waals surface area contributed by atoms with Crippen LogP contribution in [0.4, 0.5) is 5.69 Å². The van der Waals surface area contributed by atoms with Crippen LogP contribution >= 0.6 is 11.6 Å². The zero-order valence-electron chi connectivity index (χ0n) is 24.9. The number of benzene rings is 2. The van der Waals surface area contributed by atoms with Crippen LogP contribution in [0.5, 0.6) is 0 Å². The molecule has 2 atom stereocenters. The van der Waals surface area contributed by atoms with Crippen LogP contribution in [0.2, 0.25) is 5.02 Å². The molecule has 3 aliphatic heterocycles. The molecule has 220 valence electrons. The number of likely N-dealkylation sites (tertiary alicyclic amines) is 3. The number of nitrogens with zero attached hydrogens (tertiary/aromatic N) is 4. The minimum Gasteiger partial charge on any atom is -0.343 e. The Labute approximate surface area is 249 Å². The van der Waals surface area contributed by atoms with Crippen molar-refractivity contribution >= 4 is 35.0 Å². The minimum atomic E-state index is -0.0859. The number of carbonyl (C=O) groups excluding carboxylic acids is 3. The van der Waals surface area contributed by atoms with Crippen molar-refractivity contribution in [2.75, 3.05) is 57.3 Å². The number of amides is 3. The normalized spacial score (nSPS) is 21.3. The molecule has 3 amide bonds. The van der Waals surface area contributed by atoms with E-state index in [1.54, 1.807) is 6.92 Å². The van der Waals surface area contributed by atoms with E-state index in [0.29, 0.717) is 49.3 Å². The molecule has 0 aliphatic carbocycles. The maximum absolute atomic E-state index is 13.8. The third-order valence-electron chi connectivity index (χ3n) is 9.42. The molecule has 0 aromatic heterocycles. The first-order valence-corrected chi connectivity index (χ1v) is 15.4. The number of piperidine rings is 1. The maximum atomic E-state index is 13.8. The molecule has 0 radical (unpaired) electrons. The number of rotatable bonds is 7.